The lowest BCUT2D eigenvalue weighted by atomic mass is 10.0. The average molecular weight is 309 g/mol. The Morgan fingerprint density at radius 1 is 1.26 bits per heavy atom. The van der Waals surface area contributed by atoms with Crippen molar-refractivity contribution in [3.8, 4) is 11.1 Å². The number of benzene rings is 1. The van der Waals surface area contributed by atoms with Crippen molar-refractivity contribution in [2.24, 2.45) is 12.8 Å². The molecular formula is C18H19N3O2. The van der Waals surface area contributed by atoms with E-state index in [0.29, 0.717) is 6.42 Å². The molecule has 2 heterocycles. The molecule has 0 aliphatic rings. The largest absolute Gasteiger partial charge is 0.480 e. The van der Waals surface area contributed by atoms with Crippen molar-refractivity contribution in [3.63, 3.8) is 0 Å². The molecule has 0 saturated carbocycles. The first-order valence-electron chi connectivity index (χ1n) is 7.45. The molecule has 3 aromatic rings. The molecule has 1 aromatic carbocycles. The van der Waals surface area contributed by atoms with Gasteiger partial charge >= 0.3 is 5.97 Å². The molecule has 3 N–H and O–H groups in total. The fourth-order valence-corrected chi connectivity index (χ4v) is 2.93. The van der Waals surface area contributed by atoms with E-state index in [-0.39, 0.29) is 0 Å². The fraction of sp³-hybridized carbons (Fsp3) is 0.222. The number of pyridine rings is 1. The number of aryl methyl sites for hydroxylation is 1. The molecule has 2 aromatic heterocycles. The number of hydrogen-bond donors (Lipinski definition) is 2. The summed E-state index contributed by atoms with van der Waals surface area (Å²) in [6.45, 7) is 2.00. The lowest BCUT2D eigenvalue weighted by Gasteiger charge is -2.07. The number of aromatic nitrogens is 2. The van der Waals surface area contributed by atoms with E-state index in [4.69, 9.17) is 10.8 Å². The van der Waals surface area contributed by atoms with Crippen LogP contribution in [0.2, 0.25) is 0 Å². The van der Waals surface area contributed by atoms with Crippen molar-refractivity contribution in [1.29, 1.82) is 0 Å². The molecule has 0 bridgehead atoms. The minimum atomic E-state index is -0.977. The zero-order valence-electron chi connectivity index (χ0n) is 13.2. The minimum absolute atomic E-state index is 0.326. The van der Waals surface area contributed by atoms with E-state index in [2.05, 4.69) is 15.6 Å². The summed E-state index contributed by atoms with van der Waals surface area (Å²) in [7, 11) is 1.99. The van der Waals surface area contributed by atoms with Gasteiger partial charge < -0.3 is 15.4 Å². The molecule has 0 aliphatic heterocycles. The molecule has 0 radical (unpaired) electrons. The monoisotopic (exact) mass is 309 g/mol. The van der Waals surface area contributed by atoms with Crippen LogP contribution in [-0.2, 0) is 18.3 Å². The number of fused-ring (bicyclic) bond motifs is 1. The molecule has 0 amide bonds. The van der Waals surface area contributed by atoms with Gasteiger partial charge in [0.25, 0.3) is 0 Å². The third-order valence-electron chi connectivity index (χ3n) is 4.38. The molecule has 5 nitrogen and oxygen atoms in total. The van der Waals surface area contributed by atoms with Crippen LogP contribution in [0.4, 0.5) is 0 Å². The van der Waals surface area contributed by atoms with Crippen LogP contribution in [0.1, 0.15) is 11.3 Å². The van der Waals surface area contributed by atoms with Gasteiger partial charge in [-0.3, -0.25) is 9.78 Å². The predicted molar refractivity (Wildman–Crippen MR) is 90.2 cm³/mol. The Morgan fingerprint density at radius 2 is 1.96 bits per heavy atom. The predicted octanol–water partition coefficient (Wildman–Crippen LogP) is 2.50. The van der Waals surface area contributed by atoms with Crippen LogP contribution in [0.25, 0.3) is 22.0 Å². The summed E-state index contributed by atoms with van der Waals surface area (Å²) in [5.74, 6) is -0.977. The highest BCUT2D eigenvalue weighted by Crippen LogP contribution is 2.30. The number of aliphatic carboxylic acids is 1. The maximum atomic E-state index is 11.1. The van der Waals surface area contributed by atoms with Gasteiger partial charge in [0.15, 0.2) is 0 Å². The molecule has 1 unspecified atom stereocenters. The SMILES string of the molecule is Cc1c(CC(N)C(=O)O)c2ccc(-c3ccncc3)cc2n1C. The normalized spacial score (nSPS) is 12.5. The highest BCUT2D eigenvalue weighted by molar-refractivity contribution is 5.90. The van der Waals surface area contributed by atoms with Crippen molar-refractivity contribution >= 4 is 16.9 Å². The summed E-state index contributed by atoms with van der Waals surface area (Å²) in [5, 5.41) is 10.1. The van der Waals surface area contributed by atoms with Crippen LogP contribution >= 0.6 is 0 Å². The number of nitrogens with two attached hydrogens (primary N) is 1. The lowest BCUT2D eigenvalue weighted by molar-refractivity contribution is -0.138. The molecule has 0 fully saturated rings. The first-order chi connectivity index (χ1) is 11.0. The standard InChI is InChI=1S/C18H19N3O2/c1-11-15(10-16(19)18(22)23)14-4-3-13(9-17(14)21(11)2)12-5-7-20-8-6-12/h3-9,16H,10,19H2,1-2H3,(H,22,23). The minimum Gasteiger partial charge on any atom is -0.480 e. The molecule has 23 heavy (non-hydrogen) atoms. The van der Waals surface area contributed by atoms with Gasteiger partial charge in [0, 0.05) is 42.5 Å². The molecule has 5 heteroatoms. The molecule has 0 aliphatic carbocycles. The number of carboxylic acid groups (broad SMARTS) is 1. The molecule has 0 saturated heterocycles. The smallest absolute Gasteiger partial charge is 0.320 e. The van der Waals surface area contributed by atoms with E-state index in [0.717, 1.165) is 33.3 Å². The molecule has 118 valence electrons. The van der Waals surface area contributed by atoms with Crippen molar-refractivity contribution in [3.05, 3.63) is 54.0 Å². The van der Waals surface area contributed by atoms with Crippen molar-refractivity contribution in [2.45, 2.75) is 19.4 Å². The topological polar surface area (TPSA) is 81.1 Å². The van der Waals surface area contributed by atoms with Gasteiger partial charge in [0.05, 0.1) is 0 Å². The van der Waals surface area contributed by atoms with E-state index in [1.165, 1.54) is 0 Å². The number of rotatable bonds is 4. The van der Waals surface area contributed by atoms with E-state index >= 15 is 0 Å². The zero-order valence-corrected chi connectivity index (χ0v) is 13.2. The Hall–Kier alpha value is -2.66. The quantitative estimate of drug-likeness (QED) is 0.776. The van der Waals surface area contributed by atoms with Crippen molar-refractivity contribution < 1.29 is 9.90 Å². The van der Waals surface area contributed by atoms with Gasteiger partial charge in [-0.15, -0.1) is 0 Å². The van der Waals surface area contributed by atoms with E-state index in [1.807, 2.05) is 38.2 Å². The third kappa shape index (κ3) is 2.71. The maximum Gasteiger partial charge on any atom is 0.320 e. The van der Waals surface area contributed by atoms with Crippen LogP contribution in [0.3, 0.4) is 0 Å². The van der Waals surface area contributed by atoms with Crippen molar-refractivity contribution in [2.75, 3.05) is 0 Å². The van der Waals surface area contributed by atoms with E-state index in [1.54, 1.807) is 12.4 Å². The summed E-state index contributed by atoms with van der Waals surface area (Å²) in [6, 6.07) is 9.26. The Kier molecular flexibility index (Phi) is 3.88. The fourth-order valence-electron chi connectivity index (χ4n) is 2.93. The third-order valence-corrected chi connectivity index (χ3v) is 4.38. The molecular weight excluding hydrogens is 290 g/mol. The van der Waals surface area contributed by atoms with Gasteiger partial charge in [-0.05, 0) is 41.8 Å². The number of carboxylic acids is 1. The van der Waals surface area contributed by atoms with Crippen LogP contribution in [0.15, 0.2) is 42.7 Å². The second-order valence-corrected chi connectivity index (χ2v) is 5.74. The first-order valence-corrected chi connectivity index (χ1v) is 7.45. The van der Waals surface area contributed by atoms with Crippen LogP contribution in [0.5, 0.6) is 0 Å². The highest BCUT2D eigenvalue weighted by Gasteiger charge is 2.19. The Morgan fingerprint density at radius 3 is 2.61 bits per heavy atom. The summed E-state index contributed by atoms with van der Waals surface area (Å²) in [5.41, 5.74) is 11.0. The summed E-state index contributed by atoms with van der Waals surface area (Å²) in [6.07, 6.45) is 3.87. The summed E-state index contributed by atoms with van der Waals surface area (Å²) in [4.78, 5) is 15.1. The second-order valence-electron chi connectivity index (χ2n) is 5.74. The van der Waals surface area contributed by atoms with Crippen LogP contribution in [0, 0.1) is 6.92 Å². The Balaban J connectivity index is 2.11. The molecule has 3 rings (SSSR count). The van der Waals surface area contributed by atoms with Gasteiger partial charge in [0.1, 0.15) is 6.04 Å². The molecule has 1 atom stereocenters. The Labute approximate surface area is 134 Å². The lowest BCUT2D eigenvalue weighted by Crippen LogP contribution is -2.32. The number of hydrogen-bond acceptors (Lipinski definition) is 3. The number of nitrogens with zero attached hydrogens (tertiary/aromatic N) is 2. The summed E-state index contributed by atoms with van der Waals surface area (Å²) >= 11 is 0. The van der Waals surface area contributed by atoms with E-state index < -0.39 is 12.0 Å². The highest BCUT2D eigenvalue weighted by atomic mass is 16.4. The Bertz CT molecular complexity index is 869. The van der Waals surface area contributed by atoms with Crippen LogP contribution in [-0.4, -0.2) is 26.7 Å². The van der Waals surface area contributed by atoms with Gasteiger partial charge in [-0.1, -0.05) is 12.1 Å². The summed E-state index contributed by atoms with van der Waals surface area (Å²) < 4.78 is 2.09. The molecule has 0 spiro atoms. The second kappa shape index (κ2) is 5.85. The average Bonchev–Trinajstić information content (AvgIpc) is 2.80. The maximum absolute atomic E-state index is 11.1. The van der Waals surface area contributed by atoms with Crippen molar-refractivity contribution in [1.82, 2.24) is 9.55 Å². The van der Waals surface area contributed by atoms with Crippen LogP contribution < -0.4 is 5.73 Å². The first kappa shape index (κ1) is 15.2. The van der Waals surface area contributed by atoms with E-state index in [9.17, 15) is 4.79 Å². The number of carbonyl (C=O) groups is 1. The van der Waals surface area contributed by atoms with Gasteiger partial charge in [-0.2, -0.15) is 0 Å². The zero-order chi connectivity index (χ0) is 16.6. The van der Waals surface area contributed by atoms with Gasteiger partial charge in [0.2, 0.25) is 0 Å². The van der Waals surface area contributed by atoms with Gasteiger partial charge in [-0.25, -0.2) is 0 Å².